The van der Waals surface area contributed by atoms with Crippen LogP contribution >= 0.6 is 0 Å². The maximum Gasteiger partial charge on any atom is 0.197 e. The Morgan fingerprint density at radius 2 is 1.31 bits per heavy atom. The Morgan fingerprint density at radius 1 is 0.654 bits per heavy atom. The van der Waals surface area contributed by atoms with E-state index in [1.165, 1.54) is 0 Å². The molecule has 5 rings (SSSR count). The van der Waals surface area contributed by atoms with Crippen molar-refractivity contribution >= 4 is 43.6 Å². The molecule has 2 N–H and O–H groups in total. The van der Waals surface area contributed by atoms with Gasteiger partial charge in [0.25, 0.3) is 0 Å². The van der Waals surface area contributed by atoms with Gasteiger partial charge < -0.3 is 9.97 Å². The summed E-state index contributed by atoms with van der Waals surface area (Å²) in [6.07, 6.45) is 0. The summed E-state index contributed by atoms with van der Waals surface area (Å²) < 4.78 is 0. The molecule has 0 radical (unpaired) electrons. The number of fused-ring (bicyclic) bond motifs is 4. The number of aromatic amines is 2. The summed E-state index contributed by atoms with van der Waals surface area (Å²) in [5.74, 6) is 0. The van der Waals surface area contributed by atoms with Crippen LogP contribution in [0.25, 0.3) is 43.6 Å². The third-order valence-electron chi connectivity index (χ3n) is 5.11. The van der Waals surface area contributed by atoms with E-state index < -0.39 is 0 Å². The predicted molar refractivity (Wildman–Crippen MR) is 107 cm³/mol. The Labute approximate surface area is 148 Å². The van der Waals surface area contributed by atoms with E-state index in [1.54, 1.807) is 12.1 Å². The van der Waals surface area contributed by atoms with Crippen molar-refractivity contribution < 1.29 is 0 Å². The average Bonchev–Trinajstić information content (AvgIpc) is 2.61. The monoisotopic (exact) mass is 340 g/mol. The van der Waals surface area contributed by atoms with E-state index in [1.807, 2.05) is 50.2 Å². The second-order valence-electron chi connectivity index (χ2n) is 6.90. The topological polar surface area (TPSA) is 65.7 Å². The van der Waals surface area contributed by atoms with Gasteiger partial charge in [-0.2, -0.15) is 0 Å². The van der Waals surface area contributed by atoms with Gasteiger partial charge in [-0.05, 0) is 55.3 Å². The molecule has 2 heterocycles. The highest BCUT2D eigenvalue weighted by Gasteiger charge is 2.12. The van der Waals surface area contributed by atoms with Crippen LogP contribution in [-0.2, 0) is 0 Å². The Kier molecular flexibility index (Phi) is 2.89. The second-order valence-corrected chi connectivity index (χ2v) is 6.90. The molecule has 2 aromatic heterocycles. The molecule has 0 atom stereocenters. The lowest BCUT2D eigenvalue weighted by Gasteiger charge is -2.08. The van der Waals surface area contributed by atoms with E-state index in [4.69, 9.17) is 0 Å². The van der Waals surface area contributed by atoms with Crippen LogP contribution in [0.5, 0.6) is 0 Å². The normalized spacial score (nSPS) is 11.8. The summed E-state index contributed by atoms with van der Waals surface area (Å²) in [5, 5.41) is 2.51. The smallest absolute Gasteiger partial charge is 0.197 e. The lowest BCUT2D eigenvalue weighted by Crippen LogP contribution is -2.09. The fourth-order valence-corrected chi connectivity index (χ4v) is 3.78. The Bertz CT molecular complexity index is 1490. The molecular weight excluding hydrogens is 324 g/mol. The number of rotatable bonds is 0. The minimum absolute atomic E-state index is 0.0149. The van der Waals surface area contributed by atoms with Crippen molar-refractivity contribution in [3.8, 4) is 0 Å². The van der Waals surface area contributed by atoms with Crippen LogP contribution in [0.3, 0.4) is 0 Å². The third-order valence-corrected chi connectivity index (χ3v) is 5.11. The summed E-state index contributed by atoms with van der Waals surface area (Å²) in [4.78, 5) is 32.6. The highest BCUT2D eigenvalue weighted by molar-refractivity contribution is 6.03. The molecule has 5 aromatic rings. The van der Waals surface area contributed by atoms with Crippen molar-refractivity contribution in [3.05, 3.63) is 80.1 Å². The lowest BCUT2D eigenvalue weighted by atomic mass is 10.0. The molecule has 126 valence electrons. The Balaban J connectivity index is 2.02. The van der Waals surface area contributed by atoms with Gasteiger partial charge in [0.15, 0.2) is 10.9 Å². The van der Waals surface area contributed by atoms with Crippen molar-refractivity contribution in [2.45, 2.75) is 13.8 Å². The Hall–Kier alpha value is -3.40. The van der Waals surface area contributed by atoms with Gasteiger partial charge in [0.1, 0.15) is 0 Å². The molecule has 0 spiro atoms. The maximum absolute atomic E-state index is 13.0. The molecular formula is C22H16N2O2. The van der Waals surface area contributed by atoms with E-state index in [2.05, 4.69) is 9.97 Å². The zero-order valence-corrected chi connectivity index (χ0v) is 14.4. The van der Waals surface area contributed by atoms with Crippen LogP contribution in [0.4, 0.5) is 0 Å². The second kappa shape index (κ2) is 5.05. The summed E-state index contributed by atoms with van der Waals surface area (Å²) in [6, 6.07) is 15.1. The third kappa shape index (κ3) is 1.96. The molecule has 0 aliphatic heterocycles. The number of H-pyrrole nitrogens is 2. The van der Waals surface area contributed by atoms with Gasteiger partial charge in [-0.1, -0.05) is 18.2 Å². The first-order valence-electron chi connectivity index (χ1n) is 8.54. The summed E-state index contributed by atoms with van der Waals surface area (Å²) in [7, 11) is 0. The van der Waals surface area contributed by atoms with Gasteiger partial charge in [0.2, 0.25) is 0 Å². The number of benzene rings is 3. The van der Waals surface area contributed by atoms with Crippen molar-refractivity contribution in [2.24, 2.45) is 0 Å². The highest BCUT2D eigenvalue weighted by Crippen LogP contribution is 2.22. The first-order valence-corrected chi connectivity index (χ1v) is 8.54. The number of pyridine rings is 2. The van der Waals surface area contributed by atoms with E-state index in [0.717, 1.165) is 22.2 Å². The van der Waals surface area contributed by atoms with Gasteiger partial charge >= 0.3 is 0 Å². The molecule has 0 amide bonds. The zero-order chi connectivity index (χ0) is 18.0. The zero-order valence-electron chi connectivity index (χ0n) is 14.4. The molecule has 0 aliphatic rings. The molecule has 4 nitrogen and oxygen atoms in total. The molecule has 0 aliphatic carbocycles. The fraction of sp³-hybridized carbons (Fsp3) is 0.0909. The summed E-state index contributed by atoms with van der Waals surface area (Å²) in [6.45, 7) is 3.92. The molecule has 4 heteroatoms. The van der Waals surface area contributed by atoms with Crippen molar-refractivity contribution in [3.63, 3.8) is 0 Å². The maximum atomic E-state index is 13.0. The highest BCUT2D eigenvalue weighted by atomic mass is 16.1. The molecule has 0 saturated carbocycles. The van der Waals surface area contributed by atoms with Crippen LogP contribution < -0.4 is 10.9 Å². The lowest BCUT2D eigenvalue weighted by molar-refractivity contribution is 1.42. The number of aryl methyl sites for hydroxylation is 2. The van der Waals surface area contributed by atoms with Gasteiger partial charge in [0, 0.05) is 27.1 Å². The Morgan fingerprint density at radius 3 is 2.08 bits per heavy atom. The van der Waals surface area contributed by atoms with Crippen molar-refractivity contribution in [1.29, 1.82) is 0 Å². The van der Waals surface area contributed by atoms with Crippen molar-refractivity contribution in [1.82, 2.24) is 9.97 Å². The van der Waals surface area contributed by atoms with Crippen LogP contribution in [0.1, 0.15) is 11.1 Å². The van der Waals surface area contributed by atoms with E-state index in [9.17, 15) is 9.59 Å². The molecule has 0 saturated heterocycles. The summed E-state index contributed by atoms with van der Waals surface area (Å²) >= 11 is 0. The molecule has 26 heavy (non-hydrogen) atoms. The SMILES string of the molecule is Cc1ccc2c(=O)c3cc4[nH]c5cccc(C)c5c(=O)c4cc3[nH]c2c1. The standard InChI is InChI=1S/C22H16N2O2/c1-11-6-7-13-17(8-11)24-18-10-15-19(9-14(18)21(13)25)23-16-5-3-4-12(2)20(16)22(15)26/h3-10H,1-2H3,(H,23,26)(H,24,25). The largest absolute Gasteiger partial charge is 0.354 e. The first kappa shape index (κ1) is 14.9. The van der Waals surface area contributed by atoms with Crippen molar-refractivity contribution in [2.75, 3.05) is 0 Å². The van der Waals surface area contributed by atoms with Crippen LogP contribution in [0.15, 0.2) is 58.1 Å². The predicted octanol–water partition coefficient (Wildman–Crippen LogP) is 4.29. The van der Waals surface area contributed by atoms with Crippen LogP contribution in [0, 0.1) is 13.8 Å². The minimum atomic E-state index is -0.0270. The van der Waals surface area contributed by atoms with Gasteiger partial charge in [-0.3, -0.25) is 9.59 Å². The number of aromatic nitrogens is 2. The minimum Gasteiger partial charge on any atom is -0.354 e. The number of hydrogen-bond acceptors (Lipinski definition) is 2. The molecule has 0 bridgehead atoms. The van der Waals surface area contributed by atoms with E-state index in [-0.39, 0.29) is 10.9 Å². The van der Waals surface area contributed by atoms with E-state index in [0.29, 0.717) is 32.6 Å². The van der Waals surface area contributed by atoms with Crippen LogP contribution in [-0.4, -0.2) is 9.97 Å². The average molecular weight is 340 g/mol. The summed E-state index contributed by atoms with van der Waals surface area (Å²) in [5.41, 5.74) is 4.91. The first-order chi connectivity index (χ1) is 12.5. The van der Waals surface area contributed by atoms with Gasteiger partial charge in [0.05, 0.1) is 16.6 Å². The van der Waals surface area contributed by atoms with Gasteiger partial charge in [-0.25, -0.2) is 0 Å². The quantitative estimate of drug-likeness (QED) is 0.413. The number of nitrogens with one attached hydrogen (secondary N) is 2. The van der Waals surface area contributed by atoms with Crippen LogP contribution in [0.2, 0.25) is 0 Å². The fourth-order valence-electron chi connectivity index (χ4n) is 3.78. The molecule has 0 fully saturated rings. The molecule has 3 aromatic carbocycles. The molecule has 0 unspecified atom stereocenters. The van der Waals surface area contributed by atoms with Gasteiger partial charge in [-0.15, -0.1) is 0 Å². The number of hydrogen-bond donors (Lipinski definition) is 2. The van der Waals surface area contributed by atoms with E-state index >= 15 is 0 Å².